The van der Waals surface area contributed by atoms with E-state index in [9.17, 15) is 39.9 Å². The van der Waals surface area contributed by atoms with Gasteiger partial charge in [-0.05, 0) is 346 Å². The summed E-state index contributed by atoms with van der Waals surface area (Å²) in [6.45, 7) is 69.1. The molecule has 0 amide bonds. The summed E-state index contributed by atoms with van der Waals surface area (Å²) in [5, 5.41) is 67.2. The van der Waals surface area contributed by atoms with E-state index in [0.717, 1.165) is 245 Å². The number of rotatable bonds is 17. The second kappa shape index (κ2) is 77.9. The van der Waals surface area contributed by atoms with E-state index in [4.69, 9.17) is 54.7 Å². The standard InChI is InChI=1S/C11H20O.C10H20O.C9H16O.C9H18.C9H20.C8H18N2O2S.C8H17NO2S.C8H16O2S.C8H14O2.3C8H16O.2C7H14O2.C6H12O/c1-3-5-11(12)10-7-4-6-9(2)8-10;1-8-5-4-6-9(7-8)10(2,3)11;1-6-2-7-3-8(5-10)9(6)4-7;1-9(2,3)8-6-4-5-7-8;1-7(2)8(3)9(4,5)6;1-7-2-4-8(5-3-7)6-10-13(9,11)12;1-7-4-3-5-8(6-7)9-12(2,10)11;1-7-4-3-5-8(6-7)11(2,9)10;1-6-3-2-4-7(5-6)8(9)10;1-8(2,3)7-4-5-9-6-7;1-7-2-4-8(6-9)5-3-7;1-7-3-2-4-8(5-7)6-9;1-6-2-7(3-8)5-9-4-6;1-6-2-3-9-7(4-6)5-8;1-6-3-2-4-7-5-6/h9-10H,3-8H2,1-2H3;8-9,11H,4-7H2,1-3H3;6-10H,2-5H2,1H3;8H,4-7H2,1-3H3;7-8H,1-6H3;7-8,10H,2-6H2,1H3,(H2,9,11,12);7-9H,3-6H2,1-2H3;7-8H,3-6H2,1-2H3;6-7H,2-5H2,1H3,(H,9,10);7H,4-6H2,1-3H3;2*7-9H,2-6H2,1H3;2*6-8H,2-5H2,1H3;6H,2-5H2,1H3/t9-,10-;8-,9-;6-,7-,8+,9+;;8-;;2*7-,8-;6-,7-;;;7-,8-;6-,7+;6-,7-;6-/m000.1.110..0000/s1. The van der Waals surface area contributed by atoms with Crippen LogP contribution < -0.4 is 14.6 Å². The molecule has 0 aromatic carbocycles. The van der Waals surface area contributed by atoms with Crippen LogP contribution in [0.4, 0.5) is 0 Å². The summed E-state index contributed by atoms with van der Waals surface area (Å²) in [6, 6.07) is 0.184. The highest BCUT2D eigenvalue weighted by Gasteiger charge is 2.44. The molecular weight excluding hydrogens is 1930 g/mol. The smallest absolute Gasteiger partial charge is 0.306 e. The van der Waals surface area contributed by atoms with Crippen LogP contribution in [0.2, 0.25) is 0 Å². The minimum Gasteiger partial charge on any atom is -0.481 e. The molecule has 0 aromatic rings. The second-order valence-electron chi connectivity index (χ2n) is 55.2. The normalized spacial score (nSPS) is 32.9. The third-order valence-electron chi connectivity index (χ3n) is 35.9. The van der Waals surface area contributed by atoms with Crippen molar-refractivity contribution in [2.45, 2.75) is 512 Å². The summed E-state index contributed by atoms with van der Waals surface area (Å²) in [6.07, 6.45) is 59.2. The fourth-order valence-electron chi connectivity index (χ4n) is 25.0. The van der Waals surface area contributed by atoms with Gasteiger partial charge in [0.1, 0.15) is 15.6 Å². The molecule has 15 fully saturated rings. The van der Waals surface area contributed by atoms with Crippen molar-refractivity contribution in [3.63, 3.8) is 0 Å². The van der Waals surface area contributed by atoms with E-state index in [1.54, 1.807) is 0 Å². The van der Waals surface area contributed by atoms with Crippen molar-refractivity contribution in [1.29, 1.82) is 0 Å². The van der Waals surface area contributed by atoms with Crippen LogP contribution in [0.1, 0.15) is 489 Å². The van der Waals surface area contributed by atoms with Gasteiger partial charge in [-0.15, -0.1) is 0 Å². The van der Waals surface area contributed by atoms with Gasteiger partial charge in [-0.2, -0.15) is 8.42 Å². The van der Waals surface area contributed by atoms with Crippen LogP contribution in [0.15, 0.2) is 0 Å². The summed E-state index contributed by atoms with van der Waals surface area (Å²) in [5.41, 5.74) is 1.07. The summed E-state index contributed by atoms with van der Waals surface area (Å²) in [4.78, 5) is 22.0. The maximum absolute atomic E-state index is 11.5. The van der Waals surface area contributed by atoms with Gasteiger partial charge in [0.15, 0.2) is 0 Å². The van der Waals surface area contributed by atoms with Crippen LogP contribution in [-0.2, 0) is 58.6 Å². The van der Waals surface area contributed by atoms with E-state index in [1.165, 1.54) is 199 Å². The number of carbonyl (C=O) groups excluding carboxylic acids is 1. The molecule has 890 valence electrons. The van der Waals surface area contributed by atoms with E-state index in [1.807, 2.05) is 13.8 Å². The average molecular weight is 2180 g/mol. The molecule has 4 aliphatic heterocycles. The van der Waals surface area contributed by atoms with Gasteiger partial charge in [0.05, 0.1) is 42.3 Å². The Labute approximate surface area is 920 Å². The molecule has 11 aliphatic carbocycles. The molecule has 23 atom stereocenters. The first-order valence-corrected chi connectivity index (χ1v) is 66.6. The topological polar surface area (TPSA) is 365 Å². The van der Waals surface area contributed by atoms with Gasteiger partial charge in [-0.3, -0.25) is 9.59 Å². The molecule has 1 unspecified atom stereocenters. The quantitative estimate of drug-likeness (QED) is 0.0646. The van der Waals surface area contributed by atoms with Crippen LogP contribution in [0.25, 0.3) is 0 Å². The number of hydrogen-bond donors (Lipinski definition) is 10. The van der Waals surface area contributed by atoms with E-state index in [-0.39, 0.29) is 36.5 Å². The fourth-order valence-corrected chi connectivity index (χ4v) is 27.5. The third kappa shape index (κ3) is 71.7. The van der Waals surface area contributed by atoms with E-state index >= 15 is 0 Å². The number of hydrogen-bond acceptors (Lipinski definition) is 18. The Morgan fingerprint density at radius 1 is 0.389 bits per heavy atom. The van der Waals surface area contributed by atoms with Crippen LogP contribution in [0, 0.1) is 170 Å². The number of nitrogens with two attached hydrogens (primary N) is 1. The Hall–Kier alpha value is -1.53. The summed E-state index contributed by atoms with van der Waals surface area (Å²) < 4.78 is 91.2. The number of carbonyl (C=O) groups is 2. The van der Waals surface area contributed by atoms with Crippen LogP contribution in [0.3, 0.4) is 0 Å². The highest BCUT2D eigenvalue weighted by Crippen LogP contribution is 2.52. The molecule has 15 rings (SSSR count). The lowest BCUT2D eigenvalue weighted by molar-refractivity contribution is -0.143. The number of fused-ring (bicyclic) bond motifs is 2. The van der Waals surface area contributed by atoms with E-state index < -0.39 is 41.6 Å². The number of aliphatic carboxylic acids is 1. The van der Waals surface area contributed by atoms with Crippen molar-refractivity contribution >= 4 is 41.8 Å². The lowest BCUT2D eigenvalue weighted by atomic mass is 9.75. The van der Waals surface area contributed by atoms with Gasteiger partial charge < -0.3 is 54.7 Å². The Kier molecular flexibility index (Phi) is 76.1. The van der Waals surface area contributed by atoms with Crippen LogP contribution in [0.5, 0.6) is 0 Å². The number of aliphatic hydroxyl groups is 6. The number of carboxylic acids is 1. The van der Waals surface area contributed by atoms with Gasteiger partial charge in [0, 0.05) is 103 Å². The molecule has 11 saturated carbocycles. The molecule has 15 aliphatic rings. The van der Waals surface area contributed by atoms with Crippen molar-refractivity contribution in [2.24, 2.45) is 175 Å². The van der Waals surface area contributed by atoms with E-state index in [0.29, 0.717) is 113 Å². The SMILES string of the molecule is CC(C)(C)C1CCCC1.CC(C)(C)C1CCOC1.CC(C)[C@@H](C)C(C)(C)C.CC1CCC(CNS(N)(=O)=O)CC1.CC1CCC(CO)CC1.CCCC(=O)[C@H]1CCC[C@H](C)C1.C[C@@H]1CCC[C@@H](NS(C)(=O)=O)C1.C[C@@H]1CCC[C@@H](S(C)(=O)=O)C1.C[C@@H]1COC[C@@H](CO)C1.C[C@H]1CCCOC1.C[C@H]1CCC[C@H](C(=O)O)C1.C[C@H]1CCC[C@H](C(C)(C)O)C1.C[C@H]1CCC[C@H](CO)C1.C[C@H]1CCO[C@H](CO)C1.C[C@H]1C[C@H]2C[C@H](CO)[C@@H]1C2. The number of carboxylic acid groups (broad SMARTS) is 1. The number of sulfonamides is 1. The zero-order valence-corrected chi connectivity index (χ0v) is 104. The molecule has 11 N–H and O–H groups in total. The monoisotopic (exact) mass is 2180 g/mol. The average Bonchev–Trinajstić information content (AvgIpc) is 1.65. The predicted molar refractivity (Wildman–Crippen MR) is 625 cm³/mol. The summed E-state index contributed by atoms with van der Waals surface area (Å²) in [5.74, 6) is 18.0. The van der Waals surface area contributed by atoms with Gasteiger partial charge >= 0.3 is 5.97 Å². The van der Waals surface area contributed by atoms with Crippen LogP contribution in [-0.4, -0.2) is 194 Å². The first-order chi connectivity index (χ1) is 69.4. The largest absolute Gasteiger partial charge is 0.481 e. The van der Waals surface area contributed by atoms with Gasteiger partial charge in [0.25, 0.3) is 10.2 Å². The first kappa shape index (κ1) is 145. The lowest BCUT2D eigenvalue weighted by Crippen LogP contribution is -2.37. The Balaban J connectivity index is 0.000000800. The lowest BCUT2D eigenvalue weighted by Gasteiger charge is -2.35. The first-order valence-electron chi connectivity index (χ1n) is 61.3. The highest BCUT2D eigenvalue weighted by molar-refractivity contribution is 7.91. The zero-order valence-electron chi connectivity index (χ0n) is 102. The van der Waals surface area contributed by atoms with Crippen LogP contribution >= 0.6 is 0 Å². The molecule has 25 heteroatoms. The maximum atomic E-state index is 11.5. The van der Waals surface area contributed by atoms with Gasteiger partial charge in [-0.25, -0.2) is 31.4 Å². The summed E-state index contributed by atoms with van der Waals surface area (Å²) >= 11 is 0. The molecular formula is C124H247N3O19S3. The molecule has 4 saturated heterocycles. The Morgan fingerprint density at radius 2 is 0.852 bits per heavy atom. The third-order valence-corrected chi connectivity index (χ3v) is 38.9. The number of Topliss-reactive ketones (excluding diaryl/α,β-unsaturated/α-hetero) is 1. The molecule has 4 heterocycles. The zero-order chi connectivity index (χ0) is 113. The Morgan fingerprint density at radius 3 is 1.18 bits per heavy atom. The van der Waals surface area contributed by atoms with Crippen molar-refractivity contribution in [3.05, 3.63) is 0 Å². The predicted octanol–water partition coefficient (Wildman–Crippen LogP) is 27.8. The molecule has 0 radical (unpaired) electrons. The second-order valence-corrected chi connectivity index (χ2v) is 60.7. The van der Waals surface area contributed by atoms with Crippen molar-refractivity contribution < 1.29 is 89.5 Å². The van der Waals surface area contributed by atoms with Crippen molar-refractivity contribution in [2.75, 3.05) is 98.3 Å². The highest BCUT2D eigenvalue weighted by atomic mass is 32.2. The molecule has 2 bridgehead atoms. The van der Waals surface area contributed by atoms with Crippen molar-refractivity contribution in [1.82, 2.24) is 9.44 Å². The Bertz CT molecular complexity index is 3550. The van der Waals surface area contributed by atoms with E-state index in [2.05, 4.69) is 183 Å². The van der Waals surface area contributed by atoms with Gasteiger partial charge in [0.2, 0.25) is 10.0 Å². The van der Waals surface area contributed by atoms with Gasteiger partial charge in [-0.1, -0.05) is 289 Å². The molecule has 0 spiro atoms. The molecule has 0 aromatic heterocycles. The number of sulfone groups is 1. The maximum Gasteiger partial charge on any atom is 0.306 e. The number of ether oxygens (including phenoxy) is 4. The number of aliphatic hydroxyl groups excluding tert-OH is 5. The minimum atomic E-state index is -3.49. The number of ketones is 1. The summed E-state index contributed by atoms with van der Waals surface area (Å²) in [7, 11) is -9.24. The fraction of sp³-hybridized carbons (Fsp3) is 0.984. The van der Waals surface area contributed by atoms with Crippen molar-refractivity contribution in [3.8, 4) is 0 Å². The molecule has 149 heavy (non-hydrogen) atoms. The minimum absolute atomic E-state index is 0.0498. The molecule has 22 nitrogen and oxygen atoms in total. The number of nitrogens with one attached hydrogen (secondary N) is 2.